The molecule has 152 valence electrons. The molecule has 0 heterocycles. The topological polar surface area (TPSA) is 17.1 Å². The molecule has 0 amide bonds. The van der Waals surface area contributed by atoms with Crippen LogP contribution in [0.25, 0.3) is 0 Å². The molecule has 1 heteroatoms. The van der Waals surface area contributed by atoms with E-state index in [0.717, 1.165) is 30.4 Å². The minimum Gasteiger partial charge on any atom is -0.289 e. The summed E-state index contributed by atoms with van der Waals surface area (Å²) in [5.41, 5.74) is 10.1. The van der Waals surface area contributed by atoms with Gasteiger partial charge in [0.25, 0.3) is 0 Å². The summed E-state index contributed by atoms with van der Waals surface area (Å²) in [5, 5.41) is 0. The third-order valence-electron chi connectivity index (χ3n) is 6.47. The molecule has 1 nitrogen and oxygen atoms in total. The second-order valence-electron chi connectivity index (χ2n) is 8.36. The van der Waals surface area contributed by atoms with Crippen LogP contribution < -0.4 is 0 Å². The van der Waals surface area contributed by atoms with Crippen molar-refractivity contribution in [2.45, 2.75) is 32.1 Å². The molecule has 0 atom stereocenters. The Morgan fingerprint density at radius 1 is 0.387 bits per heavy atom. The largest absolute Gasteiger partial charge is 0.289 e. The van der Waals surface area contributed by atoms with Gasteiger partial charge in [-0.25, -0.2) is 0 Å². The van der Waals surface area contributed by atoms with E-state index in [1.807, 2.05) is 36.4 Å². The number of carbonyl (C=O) groups is 1. The Kier molecular flexibility index (Phi) is 5.50. The molecule has 0 aliphatic heterocycles. The zero-order chi connectivity index (χ0) is 21.0. The van der Waals surface area contributed by atoms with Crippen LogP contribution in [0.15, 0.2) is 97.1 Å². The number of hydrogen-bond acceptors (Lipinski definition) is 1. The summed E-state index contributed by atoms with van der Waals surface area (Å²) in [5.74, 6) is 0.170. The van der Waals surface area contributed by atoms with Gasteiger partial charge in [0.15, 0.2) is 5.78 Å². The second-order valence-corrected chi connectivity index (χ2v) is 8.36. The summed E-state index contributed by atoms with van der Waals surface area (Å²) in [6.45, 7) is 0. The molecular formula is C30H26O. The van der Waals surface area contributed by atoms with Gasteiger partial charge in [0.05, 0.1) is 0 Å². The molecule has 2 aliphatic rings. The number of aryl methyl sites for hydroxylation is 4. The van der Waals surface area contributed by atoms with E-state index in [0.29, 0.717) is 0 Å². The molecular weight excluding hydrogens is 376 g/mol. The summed E-state index contributed by atoms with van der Waals surface area (Å²) >= 11 is 0. The van der Waals surface area contributed by atoms with Crippen LogP contribution in [-0.2, 0) is 32.1 Å². The Labute approximate surface area is 184 Å². The maximum absolute atomic E-state index is 12.3. The average molecular weight is 403 g/mol. The highest BCUT2D eigenvalue weighted by atomic mass is 16.1. The lowest BCUT2D eigenvalue weighted by Crippen LogP contribution is -2.03. The molecule has 0 N–H and O–H groups in total. The SMILES string of the molecule is O=C1c2ccccc2CCc2ccccc21.c1ccc2c(c1)CCc1ccccc1C2. The van der Waals surface area contributed by atoms with E-state index >= 15 is 0 Å². The van der Waals surface area contributed by atoms with Crippen molar-refractivity contribution in [2.75, 3.05) is 0 Å². The van der Waals surface area contributed by atoms with Crippen molar-refractivity contribution in [3.05, 3.63) is 142 Å². The van der Waals surface area contributed by atoms with Crippen LogP contribution in [0.4, 0.5) is 0 Å². The van der Waals surface area contributed by atoms with Crippen molar-refractivity contribution in [3.63, 3.8) is 0 Å². The first kappa shape index (κ1) is 19.5. The Hall–Kier alpha value is -3.45. The van der Waals surface area contributed by atoms with Gasteiger partial charge in [0.1, 0.15) is 0 Å². The first-order valence-corrected chi connectivity index (χ1v) is 11.1. The Balaban J connectivity index is 0.000000132. The van der Waals surface area contributed by atoms with Gasteiger partial charge in [-0.2, -0.15) is 0 Å². The molecule has 4 aromatic rings. The van der Waals surface area contributed by atoms with E-state index < -0.39 is 0 Å². The Bertz CT molecular complexity index is 1140. The molecule has 0 fully saturated rings. The van der Waals surface area contributed by atoms with Gasteiger partial charge in [-0.15, -0.1) is 0 Å². The lowest BCUT2D eigenvalue weighted by Gasteiger charge is -2.04. The zero-order valence-corrected chi connectivity index (χ0v) is 17.7. The van der Waals surface area contributed by atoms with Crippen molar-refractivity contribution in [3.8, 4) is 0 Å². The normalized spacial score (nSPS) is 13.9. The summed E-state index contributed by atoms with van der Waals surface area (Å²) < 4.78 is 0. The van der Waals surface area contributed by atoms with Crippen molar-refractivity contribution in [1.82, 2.24) is 0 Å². The van der Waals surface area contributed by atoms with Crippen LogP contribution in [0.2, 0.25) is 0 Å². The van der Waals surface area contributed by atoms with E-state index in [9.17, 15) is 4.79 Å². The van der Waals surface area contributed by atoms with E-state index in [1.165, 1.54) is 46.2 Å². The number of hydrogen-bond donors (Lipinski definition) is 0. The summed E-state index contributed by atoms with van der Waals surface area (Å²) in [4.78, 5) is 12.3. The predicted molar refractivity (Wildman–Crippen MR) is 127 cm³/mol. The molecule has 0 saturated carbocycles. The lowest BCUT2D eigenvalue weighted by atomic mass is 9.99. The average Bonchev–Trinajstić information content (AvgIpc) is 3.10. The molecule has 0 saturated heterocycles. The fraction of sp³-hybridized carbons (Fsp3) is 0.167. The fourth-order valence-electron chi connectivity index (χ4n) is 4.76. The molecule has 0 spiro atoms. The predicted octanol–water partition coefficient (Wildman–Crippen LogP) is 6.39. The van der Waals surface area contributed by atoms with Gasteiger partial charge >= 0.3 is 0 Å². The number of benzene rings is 4. The van der Waals surface area contributed by atoms with E-state index in [2.05, 4.69) is 60.7 Å². The highest BCUT2D eigenvalue weighted by Crippen LogP contribution is 2.25. The minimum atomic E-state index is 0.170. The highest BCUT2D eigenvalue weighted by Gasteiger charge is 2.19. The van der Waals surface area contributed by atoms with Gasteiger partial charge in [0, 0.05) is 11.1 Å². The molecule has 0 aromatic heterocycles. The summed E-state index contributed by atoms with van der Waals surface area (Å²) in [6.07, 6.45) is 5.39. The fourth-order valence-corrected chi connectivity index (χ4v) is 4.76. The Morgan fingerprint density at radius 2 is 0.710 bits per heavy atom. The zero-order valence-electron chi connectivity index (χ0n) is 17.7. The smallest absolute Gasteiger partial charge is 0.193 e. The van der Waals surface area contributed by atoms with Crippen LogP contribution in [0.3, 0.4) is 0 Å². The highest BCUT2D eigenvalue weighted by molar-refractivity contribution is 6.11. The molecule has 0 radical (unpaired) electrons. The molecule has 4 aromatic carbocycles. The van der Waals surface area contributed by atoms with Crippen molar-refractivity contribution < 1.29 is 4.79 Å². The van der Waals surface area contributed by atoms with Crippen LogP contribution in [0.1, 0.15) is 49.3 Å². The van der Waals surface area contributed by atoms with Crippen LogP contribution in [-0.4, -0.2) is 5.78 Å². The number of fused-ring (bicyclic) bond motifs is 4. The summed E-state index contributed by atoms with van der Waals surface area (Å²) in [7, 11) is 0. The molecule has 31 heavy (non-hydrogen) atoms. The van der Waals surface area contributed by atoms with Gasteiger partial charge in [0.2, 0.25) is 0 Å². The van der Waals surface area contributed by atoms with Crippen molar-refractivity contribution >= 4 is 5.78 Å². The Morgan fingerprint density at radius 3 is 1.16 bits per heavy atom. The monoisotopic (exact) mass is 402 g/mol. The first-order valence-electron chi connectivity index (χ1n) is 11.1. The molecule has 6 rings (SSSR count). The summed E-state index contributed by atoms with van der Waals surface area (Å²) in [6, 6.07) is 33.5. The third-order valence-corrected chi connectivity index (χ3v) is 6.47. The van der Waals surface area contributed by atoms with Crippen LogP contribution in [0, 0.1) is 0 Å². The van der Waals surface area contributed by atoms with Gasteiger partial charge in [-0.05, 0) is 65.5 Å². The van der Waals surface area contributed by atoms with Crippen molar-refractivity contribution in [2.24, 2.45) is 0 Å². The van der Waals surface area contributed by atoms with E-state index in [1.54, 1.807) is 0 Å². The maximum atomic E-state index is 12.3. The molecule has 0 unspecified atom stereocenters. The maximum Gasteiger partial charge on any atom is 0.193 e. The van der Waals surface area contributed by atoms with Crippen molar-refractivity contribution in [1.29, 1.82) is 0 Å². The lowest BCUT2D eigenvalue weighted by molar-refractivity contribution is 0.103. The van der Waals surface area contributed by atoms with Crippen LogP contribution >= 0.6 is 0 Å². The van der Waals surface area contributed by atoms with Gasteiger partial charge < -0.3 is 0 Å². The van der Waals surface area contributed by atoms with E-state index in [-0.39, 0.29) is 5.78 Å². The minimum absolute atomic E-state index is 0.170. The standard InChI is InChI=1S/C15H12O.C15H14/c16-15-13-7-3-1-5-11(13)9-10-12-6-2-4-8-14(12)15;1-3-7-14-11-15-8-4-2-6-13(15)10-9-12(14)5-1/h1-8H,9-10H2;1-8H,9-11H2. The first-order chi connectivity index (χ1) is 15.3. The third kappa shape index (κ3) is 4.09. The van der Waals surface area contributed by atoms with Gasteiger partial charge in [-0.3, -0.25) is 4.79 Å². The number of rotatable bonds is 0. The molecule has 0 bridgehead atoms. The molecule has 2 aliphatic carbocycles. The second kappa shape index (κ2) is 8.73. The van der Waals surface area contributed by atoms with Crippen LogP contribution in [0.5, 0.6) is 0 Å². The number of ketones is 1. The quantitative estimate of drug-likeness (QED) is 0.333. The number of carbonyl (C=O) groups excluding carboxylic acids is 1. The van der Waals surface area contributed by atoms with E-state index in [4.69, 9.17) is 0 Å². The van der Waals surface area contributed by atoms with Gasteiger partial charge in [-0.1, -0.05) is 97.1 Å².